The van der Waals surface area contributed by atoms with Crippen molar-refractivity contribution in [2.75, 3.05) is 9.80 Å². The zero-order valence-corrected chi connectivity index (χ0v) is 18.3. The Labute approximate surface area is 182 Å². The zero-order valence-electron chi connectivity index (χ0n) is 15.1. The van der Waals surface area contributed by atoms with Crippen molar-refractivity contribution in [3.63, 3.8) is 0 Å². The molecule has 0 N–H and O–H groups in total. The first-order valence-electron chi connectivity index (χ1n) is 8.85. The van der Waals surface area contributed by atoms with E-state index in [2.05, 4.69) is 91.2 Å². The number of hydrogen-bond acceptors (Lipinski definition) is 2. The highest BCUT2D eigenvalue weighted by Gasteiger charge is 2.31. The Morgan fingerprint density at radius 2 is 0.857 bits per heavy atom. The van der Waals surface area contributed by atoms with E-state index in [1.807, 2.05) is 48.6 Å². The van der Waals surface area contributed by atoms with Crippen LogP contribution in [0.5, 0.6) is 0 Å². The molecule has 0 unspecified atom stereocenters. The summed E-state index contributed by atoms with van der Waals surface area (Å²) in [5.41, 5.74) is 6.19. The fraction of sp³-hybridized carbons (Fsp3) is 0. The molecule has 1 aliphatic heterocycles. The molecule has 1 aliphatic rings. The van der Waals surface area contributed by atoms with Crippen LogP contribution in [0.15, 0.2) is 118 Å². The van der Waals surface area contributed by atoms with Gasteiger partial charge in [-0.15, -0.1) is 0 Å². The number of anilines is 4. The van der Waals surface area contributed by atoms with Gasteiger partial charge in [-0.05, 0) is 80.4 Å². The van der Waals surface area contributed by atoms with Gasteiger partial charge in [-0.3, -0.25) is 0 Å². The zero-order chi connectivity index (χ0) is 19.7. The van der Waals surface area contributed by atoms with Crippen LogP contribution in [-0.2, 0) is 0 Å². The summed E-state index contributed by atoms with van der Waals surface area (Å²) in [6.07, 6.45) is 3.77. The summed E-state index contributed by atoms with van der Waals surface area (Å²) in [7, 11) is 0. The molecule has 1 heterocycles. The van der Waals surface area contributed by atoms with Crippen LogP contribution in [-0.4, -0.2) is 0 Å². The molecule has 0 saturated heterocycles. The van der Waals surface area contributed by atoms with E-state index in [4.69, 9.17) is 0 Å². The maximum atomic E-state index is 4.11. The highest BCUT2D eigenvalue weighted by atomic mass is 79.9. The van der Waals surface area contributed by atoms with Gasteiger partial charge in [-0.25, -0.2) is 0 Å². The van der Waals surface area contributed by atoms with Crippen LogP contribution in [0.2, 0.25) is 0 Å². The molecule has 0 fully saturated rings. The van der Waals surface area contributed by atoms with E-state index in [0.717, 1.165) is 43.1 Å². The molecule has 0 saturated carbocycles. The molecular weight excluding hydrogens is 476 g/mol. The molecule has 0 atom stereocenters. The summed E-state index contributed by atoms with van der Waals surface area (Å²) < 4.78 is 2.03. The van der Waals surface area contributed by atoms with E-state index in [9.17, 15) is 0 Å². The Bertz CT molecular complexity index is 1010. The van der Waals surface area contributed by atoms with Crippen molar-refractivity contribution < 1.29 is 0 Å². The number of hydrogen-bond donors (Lipinski definition) is 0. The molecule has 4 rings (SSSR count). The van der Waals surface area contributed by atoms with Crippen LogP contribution >= 0.6 is 31.9 Å². The van der Waals surface area contributed by atoms with Crippen molar-refractivity contribution >= 4 is 54.6 Å². The predicted molar refractivity (Wildman–Crippen MR) is 126 cm³/mol. The fourth-order valence-electron chi connectivity index (χ4n) is 3.51. The van der Waals surface area contributed by atoms with Crippen LogP contribution in [0, 0.1) is 0 Å². The SMILES string of the molecule is C=CC1=C(C=C)N(c2ccccc2Br)c2ccccc2N1c1ccccc1Br. The van der Waals surface area contributed by atoms with Gasteiger partial charge in [0, 0.05) is 8.95 Å². The summed E-state index contributed by atoms with van der Waals surface area (Å²) in [6, 6.07) is 24.8. The Balaban J connectivity index is 2.06. The summed E-state index contributed by atoms with van der Waals surface area (Å²) in [5.74, 6) is 0. The van der Waals surface area contributed by atoms with Gasteiger partial charge < -0.3 is 9.80 Å². The molecule has 0 aliphatic carbocycles. The standard InChI is InChI=1S/C24H18Br2N2/c1-3-19-20(4-2)28(22-14-8-6-12-18(22)26)24-16-10-9-15-23(24)27(19)21-13-7-5-11-17(21)25/h3-16H,1-2H2. The monoisotopic (exact) mass is 492 g/mol. The van der Waals surface area contributed by atoms with E-state index in [1.165, 1.54) is 0 Å². The topological polar surface area (TPSA) is 6.48 Å². The summed E-state index contributed by atoms with van der Waals surface area (Å²) in [4.78, 5) is 4.44. The van der Waals surface area contributed by atoms with Crippen LogP contribution in [0.4, 0.5) is 22.7 Å². The smallest absolute Gasteiger partial charge is 0.0703 e. The molecule has 3 aromatic carbocycles. The third-order valence-electron chi connectivity index (χ3n) is 4.68. The average Bonchev–Trinajstić information content (AvgIpc) is 2.73. The largest absolute Gasteiger partial charge is 0.305 e. The molecule has 4 heteroatoms. The number of allylic oxidation sites excluding steroid dienone is 2. The maximum absolute atomic E-state index is 4.11. The number of halogens is 2. The highest BCUT2D eigenvalue weighted by molar-refractivity contribution is 9.11. The van der Waals surface area contributed by atoms with E-state index in [0.29, 0.717) is 0 Å². The third kappa shape index (κ3) is 3.03. The van der Waals surface area contributed by atoms with Crippen molar-refractivity contribution in [3.05, 3.63) is 118 Å². The summed E-state index contributed by atoms with van der Waals surface area (Å²) in [5, 5.41) is 0. The van der Waals surface area contributed by atoms with Crippen LogP contribution < -0.4 is 9.80 Å². The molecule has 0 spiro atoms. The van der Waals surface area contributed by atoms with E-state index < -0.39 is 0 Å². The van der Waals surface area contributed by atoms with Crippen molar-refractivity contribution in [2.45, 2.75) is 0 Å². The van der Waals surface area contributed by atoms with E-state index >= 15 is 0 Å². The maximum Gasteiger partial charge on any atom is 0.0703 e. The lowest BCUT2D eigenvalue weighted by atomic mass is 10.0. The van der Waals surface area contributed by atoms with Gasteiger partial charge in [-0.1, -0.05) is 49.6 Å². The van der Waals surface area contributed by atoms with Crippen molar-refractivity contribution in [1.82, 2.24) is 0 Å². The van der Waals surface area contributed by atoms with Crippen molar-refractivity contribution in [3.8, 4) is 0 Å². The number of fused-ring (bicyclic) bond motifs is 1. The Morgan fingerprint density at radius 3 is 1.18 bits per heavy atom. The molecule has 138 valence electrons. The Kier molecular flexibility index (Phi) is 5.25. The van der Waals surface area contributed by atoms with Gasteiger partial charge in [0.2, 0.25) is 0 Å². The lowest BCUT2D eigenvalue weighted by Gasteiger charge is -2.41. The van der Waals surface area contributed by atoms with Crippen LogP contribution in [0.3, 0.4) is 0 Å². The van der Waals surface area contributed by atoms with Crippen molar-refractivity contribution in [2.24, 2.45) is 0 Å². The normalized spacial score (nSPS) is 13.4. The van der Waals surface area contributed by atoms with Crippen LogP contribution in [0.1, 0.15) is 0 Å². The van der Waals surface area contributed by atoms with E-state index in [1.54, 1.807) is 0 Å². The Hall–Kier alpha value is -2.56. The van der Waals surface area contributed by atoms with Gasteiger partial charge >= 0.3 is 0 Å². The minimum atomic E-state index is 0.969. The molecule has 0 amide bonds. The molecule has 0 radical (unpaired) electrons. The number of benzene rings is 3. The van der Waals surface area contributed by atoms with Crippen LogP contribution in [0.25, 0.3) is 0 Å². The molecule has 0 aromatic heterocycles. The van der Waals surface area contributed by atoms with Crippen molar-refractivity contribution in [1.29, 1.82) is 0 Å². The second-order valence-electron chi connectivity index (χ2n) is 6.24. The average molecular weight is 494 g/mol. The second kappa shape index (κ2) is 7.82. The summed E-state index contributed by atoms with van der Waals surface area (Å²) in [6.45, 7) is 8.22. The van der Waals surface area contributed by atoms with Gasteiger partial charge in [0.05, 0.1) is 34.1 Å². The summed E-state index contributed by atoms with van der Waals surface area (Å²) >= 11 is 7.42. The molecule has 28 heavy (non-hydrogen) atoms. The lowest BCUT2D eigenvalue weighted by molar-refractivity contribution is 1.06. The molecule has 0 bridgehead atoms. The first kappa shape index (κ1) is 18.8. The van der Waals surface area contributed by atoms with Gasteiger partial charge in [0.25, 0.3) is 0 Å². The first-order chi connectivity index (χ1) is 13.7. The second-order valence-corrected chi connectivity index (χ2v) is 7.95. The number of para-hydroxylation sites is 4. The number of nitrogens with zero attached hydrogens (tertiary/aromatic N) is 2. The highest BCUT2D eigenvalue weighted by Crippen LogP contribution is 2.49. The number of rotatable bonds is 4. The minimum absolute atomic E-state index is 0.969. The first-order valence-corrected chi connectivity index (χ1v) is 10.4. The molecule has 3 aromatic rings. The van der Waals surface area contributed by atoms with Gasteiger partial charge in [-0.2, -0.15) is 0 Å². The van der Waals surface area contributed by atoms with Gasteiger partial charge in [0.15, 0.2) is 0 Å². The predicted octanol–water partition coefficient (Wildman–Crippen LogP) is 8.09. The molecule has 2 nitrogen and oxygen atoms in total. The van der Waals surface area contributed by atoms with Gasteiger partial charge in [0.1, 0.15) is 0 Å². The third-order valence-corrected chi connectivity index (χ3v) is 6.02. The molecular formula is C24H18Br2N2. The quantitative estimate of drug-likeness (QED) is 0.362. The lowest BCUT2D eigenvalue weighted by Crippen LogP contribution is -2.30. The Morgan fingerprint density at radius 1 is 0.536 bits per heavy atom. The van der Waals surface area contributed by atoms with E-state index in [-0.39, 0.29) is 0 Å². The minimum Gasteiger partial charge on any atom is -0.305 e. The fourth-order valence-corrected chi connectivity index (χ4v) is 4.43.